The van der Waals surface area contributed by atoms with E-state index in [2.05, 4.69) is 4.98 Å². The van der Waals surface area contributed by atoms with Gasteiger partial charge < -0.3 is 4.90 Å². The van der Waals surface area contributed by atoms with Crippen LogP contribution in [0, 0.1) is 0 Å². The van der Waals surface area contributed by atoms with Gasteiger partial charge in [-0.15, -0.1) is 0 Å². The predicted molar refractivity (Wildman–Crippen MR) is 85.8 cm³/mol. The number of amides is 1. The maximum absolute atomic E-state index is 12.6. The summed E-state index contributed by atoms with van der Waals surface area (Å²) in [4.78, 5) is 30.4. The van der Waals surface area contributed by atoms with Crippen LogP contribution in [0.1, 0.15) is 19.9 Å². The highest BCUT2D eigenvalue weighted by atomic mass is 32.2. The number of carbonyl (C=O) groups is 1. The number of aromatic nitrogens is 2. The maximum Gasteiger partial charge on any atom is 0.262 e. The van der Waals surface area contributed by atoms with Crippen molar-refractivity contribution in [2.75, 3.05) is 19.8 Å². The number of hydrogen-bond acceptors (Lipinski definition) is 4. The lowest BCUT2D eigenvalue weighted by atomic mass is 10.2. The molecule has 0 aliphatic rings. The predicted octanol–water partition coefficient (Wildman–Crippen LogP) is 2.16. The Morgan fingerprint density at radius 3 is 2.62 bits per heavy atom. The van der Waals surface area contributed by atoms with Gasteiger partial charge in [-0.05, 0) is 26.0 Å². The summed E-state index contributed by atoms with van der Waals surface area (Å²) in [7, 11) is 3.43. The van der Waals surface area contributed by atoms with Crippen LogP contribution in [0.3, 0.4) is 0 Å². The van der Waals surface area contributed by atoms with E-state index in [0.29, 0.717) is 16.1 Å². The Balaban J connectivity index is 2.48. The molecular weight excluding hydrogens is 286 g/mol. The van der Waals surface area contributed by atoms with E-state index in [-0.39, 0.29) is 23.3 Å². The molecule has 0 aliphatic carbocycles. The molecule has 0 saturated heterocycles. The molecule has 0 spiro atoms. The number of thioether (sulfide) groups is 1. The van der Waals surface area contributed by atoms with Crippen LogP contribution in [-0.2, 0) is 4.79 Å². The van der Waals surface area contributed by atoms with E-state index < -0.39 is 0 Å². The highest BCUT2D eigenvalue weighted by molar-refractivity contribution is 7.99. The summed E-state index contributed by atoms with van der Waals surface area (Å²) in [6.07, 6.45) is 0. The van der Waals surface area contributed by atoms with Crippen molar-refractivity contribution in [2.24, 2.45) is 0 Å². The van der Waals surface area contributed by atoms with E-state index in [9.17, 15) is 9.59 Å². The molecule has 1 amide bonds. The average molecular weight is 305 g/mol. The molecule has 0 bridgehead atoms. The van der Waals surface area contributed by atoms with Gasteiger partial charge in [0.2, 0.25) is 5.91 Å². The number of fused-ring (bicyclic) bond motifs is 1. The third kappa shape index (κ3) is 3.26. The lowest BCUT2D eigenvalue weighted by Crippen LogP contribution is -2.27. The molecule has 1 heterocycles. The Kier molecular flexibility index (Phi) is 4.67. The second kappa shape index (κ2) is 6.30. The zero-order valence-electron chi connectivity index (χ0n) is 12.7. The van der Waals surface area contributed by atoms with Crippen LogP contribution >= 0.6 is 11.8 Å². The molecule has 6 heteroatoms. The van der Waals surface area contributed by atoms with Gasteiger partial charge in [-0.1, -0.05) is 23.9 Å². The first-order valence-corrected chi connectivity index (χ1v) is 7.74. The summed E-state index contributed by atoms with van der Waals surface area (Å²) in [5.41, 5.74) is 0.606. The molecule has 0 atom stereocenters. The average Bonchev–Trinajstić information content (AvgIpc) is 2.44. The molecule has 5 nitrogen and oxygen atoms in total. The number of rotatable bonds is 4. The number of carbonyl (C=O) groups excluding carboxylic acids is 1. The summed E-state index contributed by atoms with van der Waals surface area (Å²) in [5.74, 6) is 0.266. The Morgan fingerprint density at radius 2 is 2.00 bits per heavy atom. The maximum atomic E-state index is 12.6. The van der Waals surface area contributed by atoms with E-state index in [4.69, 9.17) is 0 Å². The fraction of sp³-hybridized carbons (Fsp3) is 0.400. The molecule has 0 fully saturated rings. The molecular formula is C15H19N3O2S. The molecule has 2 aromatic rings. The van der Waals surface area contributed by atoms with Gasteiger partial charge in [0.05, 0.1) is 16.7 Å². The van der Waals surface area contributed by atoms with Crippen molar-refractivity contribution in [1.82, 2.24) is 14.5 Å². The van der Waals surface area contributed by atoms with Crippen molar-refractivity contribution in [1.29, 1.82) is 0 Å². The van der Waals surface area contributed by atoms with Gasteiger partial charge in [-0.3, -0.25) is 14.2 Å². The number of benzene rings is 1. The SMILES string of the molecule is CC(C)n1c(SCC(=O)N(C)C)nc2ccccc2c1=O. The fourth-order valence-corrected chi connectivity index (χ4v) is 3.04. The monoisotopic (exact) mass is 305 g/mol. The van der Waals surface area contributed by atoms with Crippen molar-refractivity contribution in [2.45, 2.75) is 25.0 Å². The lowest BCUT2D eigenvalue weighted by Gasteiger charge is -2.16. The Labute approximate surface area is 128 Å². The van der Waals surface area contributed by atoms with Gasteiger partial charge in [0.1, 0.15) is 0 Å². The van der Waals surface area contributed by atoms with E-state index in [0.717, 1.165) is 0 Å². The van der Waals surface area contributed by atoms with E-state index >= 15 is 0 Å². The largest absolute Gasteiger partial charge is 0.348 e. The van der Waals surface area contributed by atoms with Crippen LogP contribution in [0.25, 0.3) is 10.9 Å². The van der Waals surface area contributed by atoms with Crippen molar-refractivity contribution in [3.8, 4) is 0 Å². The summed E-state index contributed by atoms with van der Waals surface area (Å²) < 4.78 is 1.65. The number of nitrogens with zero attached hydrogens (tertiary/aromatic N) is 3. The highest BCUT2D eigenvalue weighted by Gasteiger charge is 2.15. The van der Waals surface area contributed by atoms with Gasteiger partial charge in [-0.25, -0.2) is 4.98 Å². The molecule has 0 aliphatic heterocycles. The van der Waals surface area contributed by atoms with E-state index in [1.165, 1.54) is 16.7 Å². The van der Waals surface area contributed by atoms with Crippen LogP contribution in [0.4, 0.5) is 0 Å². The van der Waals surface area contributed by atoms with Crippen LogP contribution in [-0.4, -0.2) is 40.2 Å². The molecule has 112 valence electrons. The summed E-state index contributed by atoms with van der Waals surface area (Å²) >= 11 is 1.30. The summed E-state index contributed by atoms with van der Waals surface area (Å²) in [5, 5.41) is 1.19. The second-order valence-electron chi connectivity index (χ2n) is 5.26. The van der Waals surface area contributed by atoms with Crippen molar-refractivity contribution in [3.05, 3.63) is 34.6 Å². The Bertz CT molecular complexity index is 722. The van der Waals surface area contributed by atoms with Gasteiger partial charge in [0.25, 0.3) is 5.56 Å². The molecule has 21 heavy (non-hydrogen) atoms. The number of hydrogen-bond donors (Lipinski definition) is 0. The van der Waals surface area contributed by atoms with Gasteiger partial charge in [0, 0.05) is 20.1 Å². The quantitative estimate of drug-likeness (QED) is 0.641. The Hall–Kier alpha value is -1.82. The lowest BCUT2D eigenvalue weighted by molar-refractivity contribution is -0.125. The van der Waals surface area contributed by atoms with E-state index in [1.807, 2.05) is 32.0 Å². The fourth-order valence-electron chi connectivity index (χ4n) is 1.94. The summed E-state index contributed by atoms with van der Waals surface area (Å²) in [6, 6.07) is 7.28. The molecule has 1 aromatic heterocycles. The zero-order valence-corrected chi connectivity index (χ0v) is 13.5. The molecule has 1 aromatic carbocycles. The van der Waals surface area contributed by atoms with Gasteiger partial charge >= 0.3 is 0 Å². The molecule has 0 saturated carbocycles. The minimum absolute atomic E-state index is 0.00212. The highest BCUT2D eigenvalue weighted by Crippen LogP contribution is 2.20. The first-order valence-electron chi connectivity index (χ1n) is 6.76. The van der Waals surface area contributed by atoms with Crippen molar-refractivity contribution < 1.29 is 4.79 Å². The van der Waals surface area contributed by atoms with Crippen LogP contribution in [0.2, 0.25) is 0 Å². The molecule has 0 N–H and O–H groups in total. The van der Waals surface area contributed by atoms with Crippen LogP contribution in [0.5, 0.6) is 0 Å². The molecule has 2 rings (SSSR count). The van der Waals surface area contributed by atoms with Crippen molar-refractivity contribution in [3.63, 3.8) is 0 Å². The van der Waals surface area contributed by atoms with Crippen LogP contribution < -0.4 is 5.56 Å². The van der Waals surface area contributed by atoms with E-state index in [1.54, 1.807) is 24.7 Å². The minimum Gasteiger partial charge on any atom is -0.348 e. The third-order valence-electron chi connectivity index (χ3n) is 3.12. The van der Waals surface area contributed by atoms with Crippen LogP contribution in [0.15, 0.2) is 34.2 Å². The van der Waals surface area contributed by atoms with Crippen molar-refractivity contribution >= 4 is 28.6 Å². The topological polar surface area (TPSA) is 55.2 Å². The number of para-hydroxylation sites is 1. The zero-order chi connectivity index (χ0) is 15.6. The normalized spacial score (nSPS) is 11.1. The third-order valence-corrected chi connectivity index (χ3v) is 4.05. The molecule has 0 radical (unpaired) electrons. The second-order valence-corrected chi connectivity index (χ2v) is 6.20. The minimum atomic E-state index is -0.0598. The Morgan fingerprint density at radius 1 is 1.33 bits per heavy atom. The standard InChI is InChI=1S/C15H19N3O2S/c1-10(2)18-14(20)11-7-5-6-8-12(11)16-15(18)21-9-13(19)17(3)4/h5-8,10H,9H2,1-4H3. The summed E-state index contributed by atoms with van der Waals surface area (Å²) in [6.45, 7) is 3.88. The van der Waals surface area contributed by atoms with Gasteiger partial charge in [0.15, 0.2) is 5.16 Å². The smallest absolute Gasteiger partial charge is 0.262 e. The van der Waals surface area contributed by atoms with Gasteiger partial charge in [-0.2, -0.15) is 0 Å². The first kappa shape index (κ1) is 15.6. The first-order chi connectivity index (χ1) is 9.91. The molecule has 0 unspecified atom stereocenters.